The monoisotopic (exact) mass is 324 g/mol. The normalized spacial score (nSPS) is 10.3. The SMILES string of the molecule is Cc1cc(Br)cnc1Oc1ccc(C(N)=O)c(F)c1. The first-order valence-corrected chi connectivity index (χ1v) is 6.16. The van der Waals surface area contributed by atoms with Crippen molar-refractivity contribution < 1.29 is 13.9 Å². The van der Waals surface area contributed by atoms with E-state index in [4.69, 9.17) is 10.5 Å². The highest BCUT2D eigenvalue weighted by atomic mass is 79.9. The lowest BCUT2D eigenvalue weighted by atomic mass is 10.2. The van der Waals surface area contributed by atoms with E-state index >= 15 is 0 Å². The van der Waals surface area contributed by atoms with Crippen molar-refractivity contribution in [2.75, 3.05) is 0 Å². The Bertz CT molecular complexity index is 647. The number of carbonyl (C=O) groups excluding carboxylic acids is 1. The van der Waals surface area contributed by atoms with Gasteiger partial charge in [-0.2, -0.15) is 0 Å². The minimum absolute atomic E-state index is 0.173. The molecule has 0 unspecified atom stereocenters. The highest BCUT2D eigenvalue weighted by Crippen LogP contribution is 2.26. The Morgan fingerprint density at radius 3 is 2.74 bits per heavy atom. The van der Waals surface area contributed by atoms with Gasteiger partial charge >= 0.3 is 0 Å². The average molecular weight is 325 g/mol. The summed E-state index contributed by atoms with van der Waals surface area (Å²) in [5.41, 5.74) is 5.65. The quantitative estimate of drug-likeness (QED) is 0.942. The Balaban J connectivity index is 2.29. The van der Waals surface area contributed by atoms with E-state index in [9.17, 15) is 9.18 Å². The first-order chi connectivity index (χ1) is 8.97. The van der Waals surface area contributed by atoms with Gasteiger partial charge in [0.1, 0.15) is 11.6 Å². The van der Waals surface area contributed by atoms with Crippen LogP contribution in [-0.2, 0) is 0 Å². The Labute approximate surface area is 117 Å². The van der Waals surface area contributed by atoms with Gasteiger partial charge in [-0.15, -0.1) is 0 Å². The topological polar surface area (TPSA) is 65.2 Å². The standard InChI is InChI=1S/C13H10BrFN2O2/c1-7-4-8(14)6-17-13(7)19-9-2-3-10(12(16)18)11(15)5-9/h2-6H,1H3,(H2,16,18). The van der Waals surface area contributed by atoms with E-state index in [1.54, 1.807) is 6.20 Å². The van der Waals surface area contributed by atoms with E-state index in [-0.39, 0.29) is 11.3 Å². The van der Waals surface area contributed by atoms with Crippen LogP contribution in [0.5, 0.6) is 11.6 Å². The van der Waals surface area contributed by atoms with Gasteiger partial charge in [-0.05, 0) is 41.1 Å². The van der Waals surface area contributed by atoms with Gasteiger partial charge in [-0.1, -0.05) is 0 Å². The zero-order chi connectivity index (χ0) is 14.0. The van der Waals surface area contributed by atoms with Gasteiger partial charge < -0.3 is 10.5 Å². The highest BCUT2D eigenvalue weighted by Gasteiger charge is 2.10. The summed E-state index contributed by atoms with van der Waals surface area (Å²) in [6, 6.07) is 5.67. The molecule has 2 N–H and O–H groups in total. The summed E-state index contributed by atoms with van der Waals surface area (Å²) in [5.74, 6) is -0.920. The third-order valence-electron chi connectivity index (χ3n) is 2.42. The van der Waals surface area contributed by atoms with Gasteiger partial charge in [0.05, 0.1) is 5.56 Å². The van der Waals surface area contributed by atoms with Gasteiger partial charge in [0.2, 0.25) is 5.88 Å². The molecule has 0 fully saturated rings. The van der Waals surface area contributed by atoms with Gasteiger partial charge in [0.25, 0.3) is 5.91 Å². The van der Waals surface area contributed by atoms with Crippen molar-refractivity contribution in [3.63, 3.8) is 0 Å². The van der Waals surface area contributed by atoms with E-state index in [1.165, 1.54) is 12.1 Å². The third-order valence-corrected chi connectivity index (χ3v) is 2.85. The smallest absolute Gasteiger partial charge is 0.251 e. The molecular weight excluding hydrogens is 315 g/mol. The fourth-order valence-corrected chi connectivity index (χ4v) is 1.95. The van der Waals surface area contributed by atoms with Crippen LogP contribution >= 0.6 is 15.9 Å². The minimum atomic E-state index is -0.818. The van der Waals surface area contributed by atoms with Crippen LogP contribution < -0.4 is 10.5 Å². The third kappa shape index (κ3) is 3.08. The maximum Gasteiger partial charge on any atom is 0.251 e. The molecule has 1 aromatic heterocycles. The fraction of sp³-hybridized carbons (Fsp3) is 0.0769. The number of pyridine rings is 1. The summed E-state index contributed by atoms with van der Waals surface area (Å²) in [4.78, 5) is 15.0. The molecule has 0 aliphatic rings. The van der Waals surface area contributed by atoms with E-state index in [0.717, 1.165) is 16.1 Å². The first-order valence-electron chi connectivity index (χ1n) is 5.36. The molecule has 0 saturated heterocycles. The Morgan fingerprint density at radius 1 is 1.42 bits per heavy atom. The summed E-state index contributed by atoms with van der Waals surface area (Å²) in [6.07, 6.45) is 1.58. The number of aryl methyl sites for hydroxylation is 1. The van der Waals surface area contributed by atoms with Crippen molar-refractivity contribution in [1.82, 2.24) is 4.98 Å². The second kappa shape index (κ2) is 5.36. The molecule has 98 valence electrons. The van der Waals surface area contributed by atoms with E-state index in [2.05, 4.69) is 20.9 Å². The summed E-state index contributed by atoms with van der Waals surface area (Å²) in [6.45, 7) is 1.82. The van der Waals surface area contributed by atoms with Crippen molar-refractivity contribution in [3.8, 4) is 11.6 Å². The van der Waals surface area contributed by atoms with Crippen LogP contribution in [0.15, 0.2) is 34.9 Å². The molecule has 2 aromatic rings. The number of nitrogens with zero attached hydrogens (tertiary/aromatic N) is 1. The predicted octanol–water partition coefficient (Wildman–Crippen LogP) is 3.18. The number of aromatic nitrogens is 1. The maximum atomic E-state index is 13.6. The minimum Gasteiger partial charge on any atom is -0.439 e. The van der Waals surface area contributed by atoms with Crippen LogP contribution in [0.4, 0.5) is 4.39 Å². The van der Waals surface area contributed by atoms with Crippen molar-refractivity contribution in [1.29, 1.82) is 0 Å². The number of rotatable bonds is 3. The predicted molar refractivity (Wildman–Crippen MR) is 71.7 cm³/mol. The lowest BCUT2D eigenvalue weighted by Gasteiger charge is -2.08. The van der Waals surface area contributed by atoms with Crippen LogP contribution in [0.25, 0.3) is 0 Å². The average Bonchev–Trinajstić information content (AvgIpc) is 2.32. The van der Waals surface area contributed by atoms with Crippen molar-refractivity contribution in [3.05, 3.63) is 51.9 Å². The molecule has 0 aliphatic heterocycles. The number of nitrogens with two attached hydrogens (primary N) is 1. The van der Waals surface area contributed by atoms with Crippen molar-refractivity contribution in [2.24, 2.45) is 5.73 Å². The molecule has 0 bridgehead atoms. The summed E-state index contributed by atoms with van der Waals surface area (Å²) < 4.78 is 19.8. The Morgan fingerprint density at radius 2 is 2.16 bits per heavy atom. The highest BCUT2D eigenvalue weighted by molar-refractivity contribution is 9.10. The molecule has 1 aromatic carbocycles. The zero-order valence-electron chi connectivity index (χ0n) is 9.98. The van der Waals surface area contributed by atoms with E-state index < -0.39 is 11.7 Å². The number of hydrogen-bond donors (Lipinski definition) is 1. The molecule has 19 heavy (non-hydrogen) atoms. The molecule has 2 rings (SSSR count). The summed E-state index contributed by atoms with van der Waals surface area (Å²) >= 11 is 3.29. The second-order valence-electron chi connectivity index (χ2n) is 3.88. The molecule has 0 radical (unpaired) electrons. The van der Waals surface area contributed by atoms with Crippen molar-refractivity contribution >= 4 is 21.8 Å². The number of primary amides is 1. The van der Waals surface area contributed by atoms with Crippen LogP contribution in [0.2, 0.25) is 0 Å². The van der Waals surface area contributed by atoms with Gasteiger partial charge in [-0.25, -0.2) is 9.37 Å². The van der Waals surface area contributed by atoms with Crippen LogP contribution in [0.3, 0.4) is 0 Å². The number of carbonyl (C=O) groups is 1. The molecule has 0 aliphatic carbocycles. The van der Waals surface area contributed by atoms with Gasteiger partial charge in [0, 0.05) is 22.3 Å². The van der Waals surface area contributed by atoms with Crippen LogP contribution in [-0.4, -0.2) is 10.9 Å². The lowest BCUT2D eigenvalue weighted by Crippen LogP contribution is -2.12. The maximum absolute atomic E-state index is 13.6. The number of ether oxygens (including phenoxy) is 1. The molecule has 0 atom stereocenters. The van der Waals surface area contributed by atoms with Crippen LogP contribution in [0, 0.1) is 12.7 Å². The van der Waals surface area contributed by atoms with E-state index in [0.29, 0.717) is 5.88 Å². The number of benzene rings is 1. The molecule has 0 spiro atoms. The van der Waals surface area contributed by atoms with Crippen molar-refractivity contribution in [2.45, 2.75) is 6.92 Å². The number of hydrogen-bond acceptors (Lipinski definition) is 3. The molecule has 4 nitrogen and oxygen atoms in total. The first kappa shape index (κ1) is 13.5. The largest absolute Gasteiger partial charge is 0.439 e. The van der Waals surface area contributed by atoms with Gasteiger partial charge in [-0.3, -0.25) is 4.79 Å². The molecule has 1 amide bonds. The summed E-state index contributed by atoms with van der Waals surface area (Å²) in [7, 11) is 0. The lowest BCUT2D eigenvalue weighted by molar-refractivity contribution is 0.0996. The zero-order valence-corrected chi connectivity index (χ0v) is 11.6. The molecule has 1 heterocycles. The molecule has 6 heteroatoms. The fourth-order valence-electron chi connectivity index (χ4n) is 1.51. The number of halogens is 2. The molecular formula is C13H10BrFN2O2. The summed E-state index contributed by atoms with van der Waals surface area (Å²) in [5, 5.41) is 0. The number of amides is 1. The Kier molecular flexibility index (Phi) is 3.80. The van der Waals surface area contributed by atoms with E-state index in [1.807, 2.05) is 13.0 Å². The van der Waals surface area contributed by atoms with Crippen LogP contribution in [0.1, 0.15) is 15.9 Å². The Hall–Kier alpha value is -1.95. The second-order valence-corrected chi connectivity index (χ2v) is 4.80. The van der Waals surface area contributed by atoms with Gasteiger partial charge in [0.15, 0.2) is 0 Å². The molecule has 0 saturated carbocycles.